The van der Waals surface area contributed by atoms with Crippen molar-refractivity contribution in [3.63, 3.8) is 0 Å². The number of nitrogens with zero attached hydrogens (tertiary/aromatic N) is 1. The van der Waals surface area contributed by atoms with Crippen molar-refractivity contribution in [2.24, 2.45) is 0 Å². The van der Waals surface area contributed by atoms with Crippen LogP contribution in [0.15, 0.2) is 0 Å². The maximum Gasteiger partial charge on any atom is 0.279 e. The molecule has 1 rings (SSSR count). The van der Waals surface area contributed by atoms with E-state index in [1.807, 2.05) is 11.8 Å². The second-order valence-corrected chi connectivity index (χ2v) is 8.36. The van der Waals surface area contributed by atoms with Crippen LogP contribution in [0.5, 0.6) is 0 Å². The third kappa shape index (κ3) is 6.30. The molecular weight excluding hydrogens is 294 g/mol. The van der Waals surface area contributed by atoms with Gasteiger partial charge in [-0.2, -0.15) is 29.2 Å². The van der Waals surface area contributed by atoms with Crippen molar-refractivity contribution >= 4 is 22.0 Å². The molecule has 2 N–H and O–H groups in total. The average molecular weight is 324 g/mol. The van der Waals surface area contributed by atoms with Crippen LogP contribution in [0.3, 0.4) is 0 Å². The zero-order valence-electron chi connectivity index (χ0n) is 12.9. The van der Waals surface area contributed by atoms with Crippen LogP contribution in [0.4, 0.5) is 0 Å². The minimum atomic E-state index is -3.32. The summed E-state index contributed by atoms with van der Waals surface area (Å²) in [7, 11) is -1.67. The molecule has 20 heavy (non-hydrogen) atoms. The highest BCUT2D eigenvalue weighted by molar-refractivity contribution is 7.99. The van der Waals surface area contributed by atoms with Crippen LogP contribution in [0.25, 0.3) is 0 Å². The summed E-state index contributed by atoms with van der Waals surface area (Å²) in [4.78, 5) is 0. The monoisotopic (exact) mass is 323 g/mol. The zero-order chi connectivity index (χ0) is 15.0. The second-order valence-electron chi connectivity index (χ2n) is 5.42. The van der Waals surface area contributed by atoms with E-state index in [1.54, 1.807) is 7.05 Å². The normalized spacial score (nSPS) is 23.6. The summed E-state index contributed by atoms with van der Waals surface area (Å²) in [6.07, 6.45) is 7.06. The lowest BCUT2D eigenvalue weighted by atomic mass is 10.3. The molecule has 2 unspecified atom stereocenters. The predicted octanol–water partition coefficient (Wildman–Crippen LogP) is 1.43. The van der Waals surface area contributed by atoms with E-state index in [0.717, 1.165) is 45.2 Å². The molecule has 0 heterocycles. The average Bonchev–Trinajstić information content (AvgIpc) is 2.85. The molecule has 0 spiro atoms. The maximum atomic E-state index is 12.2. The minimum absolute atomic E-state index is 0.109. The summed E-state index contributed by atoms with van der Waals surface area (Å²) in [5.41, 5.74) is 0. The van der Waals surface area contributed by atoms with Gasteiger partial charge in [0.1, 0.15) is 0 Å². The van der Waals surface area contributed by atoms with Crippen molar-refractivity contribution in [1.29, 1.82) is 0 Å². The van der Waals surface area contributed by atoms with E-state index in [1.165, 1.54) is 4.31 Å². The minimum Gasteiger partial charge on any atom is -0.317 e. The lowest BCUT2D eigenvalue weighted by Gasteiger charge is -2.21. The van der Waals surface area contributed by atoms with E-state index < -0.39 is 10.2 Å². The fourth-order valence-electron chi connectivity index (χ4n) is 2.41. The molecule has 0 radical (unpaired) electrons. The van der Waals surface area contributed by atoms with E-state index >= 15 is 0 Å². The number of rotatable bonds is 10. The van der Waals surface area contributed by atoms with E-state index in [0.29, 0.717) is 11.8 Å². The SMILES string of the molecule is CCCNCCCN(C)S(=O)(=O)NC1CCC(SC)C1. The molecule has 7 heteroatoms. The first-order valence-corrected chi connectivity index (χ1v) is 10.2. The Kier molecular flexibility index (Phi) is 8.43. The maximum absolute atomic E-state index is 12.2. The first-order chi connectivity index (χ1) is 9.49. The highest BCUT2D eigenvalue weighted by Gasteiger charge is 2.29. The summed E-state index contributed by atoms with van der Waals surface area (Å²) in [5, 5.41) is 3.89. The molecule has 0 bridgehead atoms. The first kappa shape index (κ1) is 18.2. The molecule has 0 aromatic carbocycles. The Balaban J connectivity index is 2.28. The van der Waals surface area contributed by atoms with Crippen molar-refractivity contribution in [2.75, 3.05) is 32.9 Å². The zero-order valence-corrected chi connectivity index (χ0v) is 14.5. The van der Waals surface area contributed by atoms with Crippen LogP contribution in [0.2, 0.25) is 0 Å². The lowest BCUT2D eigenvalue weighted by Crippen LogP contribution is -2.43. The Hall–Kier alpha value is 0.180. The Bertz CT molecular complexity index is 363. The molecule has 1 aliphatic rings. The predicted molar refractivity (Wildman–Crippen MR) is 87.4 cm³/mol. The summed E-state index contributed by atoms with van der Waals surface area (Å²) in [6.45, 7) is 4.54. The molecule has 1 fully saturated rings. The van der Waals surface area contributed by atoms with Gasteiger partial charge in [0.25, 0.3) is 10.2 Å². The van der Waals surface area contributed by atoms with Gasteiger partial charge in [-0.1, -0.05) is 6.92 Å². The smallest absolute Gasteiger partial charge is 0.279 e. The van der Waals surface area contributed by atoms with Crippen molar-refractivity contribution < 1.29 is 8.42 Å². The van der Waals surface area contributed by atoms with Gasteiger partial charge in [0.15, 0.2) is 0 Å². The van der Waals surface area contributed by atoms with E-state index in [2.05, 4.69) is 23.2 Å². The van der Waals surface area contributed by atoms with Crippen LogP contribution in [0, 0.1) is 0 Å². The number of hydrogen-bond acceptors (Lipinski definition) is 4. The highest BCUT2D eigenvalue weighted by atomic mass is 32.2. The van der Waals surface area contributed by atoms with Crippen LogP contribution >= 0.6 is 11.8 Å². The Morgan fingerprint density at radius 1 is 1.30 bits per heavy atom. The van der Waals surface area contributed by atoms with Gasteiger partial charge in [-0.15, -0.1) is 0 Å². The number of hydrogen-bond donors (Lipinski definition) is 2. The van der Waals surface area contributed by atoms with E-state index in [4.69, 9.17) is 0 Å². The molecule has 0 saturated heterocycles. The van der Waals surface area contributed by atoms with Gasteiger partial charge in [0, 0.05) is 24.9 Å². The number of thioether (sulfide) groups is 1. The van der Waals surface area contributed by atoms with Gasteiger partial charge in [-0.3, -0.25) is 0 Å². The van der Waals surface area contributed by atoms with Crippen molar-refractivity contribution in [2.45, 2.75) is 50.3 Å². The van der Waals surface area contributed by atoms with Gasteiger partial charge >= 0.3 is 0 Å². The van der Waals surface area contributed by atoms with E-state index in [-0.39, 0.29) is 6.04 Å². The van der Waals surface area contributed by atoms with Gasteiger partial charge in [-0.25, -0.2) is 0 Å². The van der Waals surface area contributed by atoms with E-state index in [9.17, 15) is 8.42 Å². The molecule has 2 atom stereocenters. The van der Waals surface area contributed by atoms with Crippen LogP contribution < -0.4 is 10.0 Å². The first-order valence-electron chi connectivity index (χ1n) is 7.46. The lowest BCUT2D eigenvalue weighted by molar-refractivity contribution is 0.435. The third-order valence-electron chi connectivity index (χ3n) is 3.70. The van der Waals surface area contributed by atoms with Crippen molar-refractivity contribution in [3.05, 3.63) is 0 Å². The van der Waals surface area contributed by atoms with Crippen LogP contribution in [-0.4, -0.2) is 57.0 Å². The fourth-order valence-corrected chi connectivity index (χ4v) is 4.39. The van der Waals surface area contributed by atoms with Crippen molar-refractivity contribution in [1.82, 2.24) is 14.3 Å². The summed E-state index contributed by atoms with van der Waals surface area (Å²) in [5.74, 6) is 0. The van der Waals surface area contributed by atoms with Gasteiger partial charge < -0.3 is 5.32 Å². The Morgan fingerprint density at radius 2 is 2.05 bits per heavy atom. The largest absolute Gasteiger partial charge is 0.317 e. The molecule has 0 aromatic rings. The van der Waals surface area contributed by atoms with Gasteiger partial charge in [-0.05, 0) is 51.4 Å². The van der Waals surface area contributed by atoms with Crippen molar-refractivity contribution in [3.8, 4) is 0 Å². The summed E-state index contributed by atoms with van der Waals surface area (Å²) < 4.78 is 28.7. The third-order valence-corrected chi connectivity index (χ3v) is 6.43. The molecule has 0 amide bonds. The summed E-state index contributed by atoms with van der Waals surface area (Å²) >= 11 is 1.84. The quantitative estimate of drug-likeness (QED) is 0.597. The Labute approximate surface area is 128 Å². The molecule has 1 saturated carbocycles. The number of nitrogens with one attached hydrogen (secondary N) is 2. The summed E-state index contributed by atoms with van der Waals surface area (Å²) in [6, 6.07) is 0.109. The molecule has 120 valence electrons. The standard InChI is InChI=1S/C13H29N3O2S2/c1-4-8-14-9-5-10-16(2)20(17,18)15-12-6-7-13(11-12)19-3/h12-15H,4-11H2,1-3H3. The Morgan fingerprint density at radius 3 is 2.65 bits per heavy atom. The van der Waals surface area contributed by atoms with Gasteiger partial charge in [0.2, 0.25) is 0 Å². The van der Waals surface area contributed by atoms with Crippen LogP contribution in [-0.2, 0) is 10.2 Å². The molecule has 5 nitrogen and oxygen atoms in total. The molecule has 0 aromatic heterocycles. The topological polar surface area (TPSA) is 61.4 Å². The highest BCUT2D eigenvalue weighted by Crippen LogP contribution is 2.28. The molecular formula is C13H29N3O2S2. The fraction of sp³-hybridized carbons (Fsp3) is 1.00. The van der Waals surface area contributed by atoms with Crippen LogP contribution in [0.1, 0.15) is 39.0 Å². The van der Waals surface area contributed by atoms with Gasteiger partial charge in [0.05, 0.1) is 0 Å². The molecule has 0 aliphatic heterocycles. The second kappa shape index (κ2) is 9.25. The molecule has 1 aliphatic carbocycles.